The van der Waals surface area contributed by atoms with Gasteiger partial charge in [0.1, 0.15) is 0 Å². The van der Waals surface area contributed by atoms with E-state index in [-0.39, 0.29) is 0 Å². The lowest BCUT2D eigenvalue weighted by molar-refractivity contribution is 0.244. The monoisotopic (exact) mass is 248 g/mol. The fraction of sp³-hybridized carbons (Fsp3) is 1.00. The number of alkyl halides is 1. The van der Waals surface area contributed by atoms with Crippen LogP contribution in [0.3, 0.4) is 0 Å². The summed E-state index contributed by atoms with van der Waals surface area (Å²) in [5, 5.41) is 1.15. The molecule has 0 saturated carbocycles. The second-order valence-electron chi connectivity index (χ2n) is 5.54. The van der Waals surface area contributed by atoms with Gasteiger partial charge in [0.05, 0.1) is 0 Å². The highest BCUT2D eigenvalue weighted by atomic mass is 79.9. The highest BCUT2D eigenvalue weighted by Gasteiger charge is 2.22. The zero-order valence-corrected chi connectivity index (χ0v) is 11.4. The van der Waals surface area contributed by atoms with Gasteiger partial charge in [-0.25, -0.2) is 0 Å². The van der Waals surface area contributed by atoms with Crippen LogP contribution >= 0.6 is 15.9 Å². The summed E-state index contributed by atoms with van der Waals surface area (Å²) in [4.78, 5) is 0. The Balaban J connectivity index is 3.73. The molecule has 0 aromatic carbocycles. The normalized spacial score (nSPS) is 15.0. The molecule has 0 aromatic heterocycles. The summed E-state index contributed by atoms with van der Waals surface area (Å²) in [6, 6.07) is 0. The van der Waals surface area contributed by atoms with Crippen LogP contribution < -0.4 is 0 Å². The molecule has 0 aliphatic rings. The maximum Gasteiger partial charge on any atom is 0.00646 e. The number of halogens is 1. The number of hydrogen-bond acceptors (Lipinski definition) is 0. The van der Waals surface area contributed by atoms with Crippen LogP contribution in [0.15, 0.2) is 0 Å². The predicted molar refractivity (Wildman–Crippen MR) is 65.4 cm³/mol. The summed E-state index contributed by atoms with van der Waals surface area (Å²) in [7, 11) is 0. The Hall–Kier alpha value is 0.480. The lowest BCUT2D eigenvalue weighted by atomic mass is 9.79. The van der Waals surface area contributed by atoms with Crippen molar-refractivity contribution in [1.29, 1.82) is 0 Å². The zero-order valence-electron chi connectivity index (χ0n) is 9.86. The Kier molecular flexibility index (Phi) is 6.28. The van der Waals surface area contributed by atoms with Crippen molar-refractivity contribution in [2.45, 2.75) is 53.9 Å². The Morgan fingerprint density at radius 1 is 1.08 bits per heavy atom. The highest BCUT2D eigenvalue weighted by Crippen LogP contribution is 2.31. The molecule has 0 nitrogen and oxygen atoms in total. The molecule has 80 valence electrons. The zero-order chi connectivity index (χ0) is 10.5. The van der Waals surface area contributed by atoms with E-state index in [4.69, 9.17) is 0 Å². The first-order chi connectivity index (χ1) is 5.88. The third-order valence-corrected chi connectivity index (χ3v) is 3.53. The molecule has 0 spiro atoms. The molecule has 1 unspecified atom stereocenters. The third kappa shape index (κ3) is 6.54. The van der Waals surface area contributed by atoms with Gasteiger partial charge in [0, 0.05) is 5.33 Å². The second-order valence-corrected chi connectivity index (χ2v) is 6.19. The lowest BCUT2D eigenvalue weighted by Gasteiger charge is -2.29. The first kappa shape index (κ1) is 13.5. The minimum Gasteiger partial charge on any atom is -0.0925 e. The average molecular weight is 249 g/mol. The largest absolute Gasteiger partial charge is 0.0925 e. The quantitative estimate of drug-likeness (QED) is 0.610. The van der Waals surface area contributed by atoms with E-state index in [2.05, 4.69) is 50.5 Å². The van der Waals surface area contributed by atoms with Gasteiger partial charge in [0.25, 0.3) is 0 Å². The van der Waals surface area contributed by atoms with Crippen LogP contribution in [0.5, 0.6) is 0 Å². The van der Waals surface area contributed by atoms with Crippen molar-refractivity contribution < 1.29 is 0 Å². The average Bonchev–Trinajstić information content (AvgIpc) is 1.95. The topological polar surface area (TPSA) is 0 Å². The fourth-order valence-electron chi connectivity index (χ4n) is 1.51. The Labute approximate surface area is 92.6 Å². The molecule has 0 aliphatic carbocycles. The molecule has 0 aliphatic heterocycles. The van der Waals surface area contributed by atoms with E-state index < -0.39 is 0 Å². The van der Waals surface area contributed by atoms with Gasteiger partial charge >= 0.3 is 0 Å². The highest BCUT2D eigenvalue weighted by molar-refractivity contribution is 9.09. The summed E-state index contributed by atoms with van der Waals surface area (Å²) in [5.74, 6) is 1.68. The van der Waals surface area contributed by atoms with Crippen LogP contribution in [0.2, 0.25) is 0 Å². The van der Waals surface area contributed by atoms with Gasteiger partial charge < -0.3 is 0 Å². The van der Waals surface area contributed by atoms with Crippen molar-refractivity contribution >= 4 is 15.9 Å². The van der Waals surface area contributed by atoms with E-state index in [9.17, 15) is 0 Å². The van der Waals surface area contributed by atoms with Crippen LogP contribution in [0, 0.1) is 17.3 Å². The predicted octanol–water partition coefficient (Wildman–Crippen LogP) is 4.87. The smallest absolute Gasteiger partial charge is 0.00646 e. The van der Waals surface area contributed by atoms with Crippen molar-refractivity contribution in [2.75, 3.05) is 5.33 Å². The van der Waals surface area contributed by atoms with Crippen LogP contribution in [0.1, 0.15) is 53.9 Å². The van der Waals surface area contributed by atoms with Crippen molar-refractivity contribution in [3.05, 3.63) is 0 Å². The van der Waals surface area contributed by atoms with Crippen LogP contribution in [0.25, 0.3) is 0 Å². The van der Waals surface area contributed by atoms with Gasteiger partial charge in [-0.15, -0.1) is 0 Å². The SMILES string of the molecule is CC(C)CCCC(CBr)C(C)(C)C. The summed E-state index contributed by atoms with van der Waals surface area (Å²) in [5.41, 5.74) is 0.459. The molecule has 0 rings (SSSR count). The molecule has 0 radical (unpaired) electrons. The first-order valence-electron chi connectivity index (χ1n) is 5.44. The molecule has 0 fully saturated rings. The van der Waals surface area contributed by atoms with E-state index in [1.54, 1.807) is 0 Å². The van der Waals surface area contributed by atoms with Crippen LogP contribution in [-0.2, 0) is 0 Å². The van der Waals surface area contributed by atoms with Crippen molar-refractivity contribution in [3.8, 4) is 0 Å². The van der Waals surface area contributed by atoms with Crippen molar-refractivity contribution in [2.24, 2.45) is 17.3 Å². The fourth-order valence-corrected chi connectivity index (χ4v) is 2.81. The first-order valence-corrected chi connectivity index (χ1v) is 6.56. The maximum atomic E-state index is 3.62. The minimum absolute atomic E-state index is 0.459. The van der Waals surface area contributed by atoms with Gasteiger partial charge in [-0.05, 0) is 23.7 Å². The summed E-state index contributed by atoms with van der Waals surface area (Å²) < 4.78 is 0. The van der Waals surface area contributed by atoms with E-state index in [0.29, 0.717) is 5.41 Å². The molecule has 0 saturated heterocycles. The standard InChI is InChI=1S/C12H25Br/c1-10(2)7-6-8-11(9-13)12(3,4)5/h10-11H,6-9H2,1-5H3. The molecule has 0 aromatic rings. The second kappa shape index (κ2) is 6.06. The molecule has 0 N–H and O–H groups in total. The summed E-state index contributed by atoms with van der Waals surface area (Å²) in [6.45, 7) is 11.6. The van der Waals surface area contributed by atoms with Crippen LogP contribution in [-0.4, -0.2) is 5.33 Å². The van der Waals surface area contributed by atoms with Gasteiger partial charge in [-0.2, -0.15) is 0 Å². The van der Waals surface area contributed by atoms with E-state index in [0.717, 1.165) is 17.2 Å². The molecule has 1 heteroatoms. The Morgan fingerprint density at radius 2 is 1.62 bits per heavy atom. The summed E-state index contributed by atoms with van der Waals surface area (Å²) in [6.07, 6.45) is 4.12. The molecule has 13 heavy (non-hydrogen) atoms. The van der Waals surface area contributed by atoms with Gasteiger partial charge in [0.15, 0.2) is 0 Å². The van der Waals surface area contributed by atoms with E-state index in [1.807, 2.05) is 0 Å². The summed E-state index contributed by atoms with van der Waals surface area (Å²) >= 11 is 3.62. The molecule has 0 bridgehead atoms. The van der Waals surface area contributed by atoms with Crippen LogP contribution in [0.4, 0.5) is 0 Å². The van der Waals surface area contributed by atoms with Gasteiger partial charge in [-0.3, -0.25) is 0 Å². The van der Waals surface area contributed by atoms with Crippen molar-refractivity contribution in [1.82, 2.24) is 0 Å². The number of hydrogen-bond donors (Lipinski definition) is 0. The minimum atomic E-state index is 0.459. The number of rotatable bonds is 5. The third-order valence-electron chi connectivity index (χ3n) is 2.75. The Bertz CT molecular complexity index is 122. The van der Waals surface area contributed by atoms with Gasteiger partial charge in [-0.1, -0.05) is 63.4 Å². The molecule has 0 amide bonds. The van der Waals surface area contributed by atoms with Gasteiger partial charge in [0.2, 0.25) is 0 Å². The molecular formula is C12H25Br. The Morgan fingerprint density at radius 3 is 1.92 bits per heavy atom. The molecular weight excluding hydrogens is 224 g/mol. The van der Waals surface area contributed by atoms with Crippen molar-refractivity contribution in [3.63, 3.8) is 0 Å². The molecule has 0 heterocycles. The van der Waals surface area contributed by atoms with E-state index in [1.165, 1.54) is 19.3 Å². The molecule has 1 atom stereocenters. The lowest BCUT2D eigenvalue weighted by Crippen LogP contribution is -2.21. The maximum absolute atomic E-state index is 3.62. The van der Waals surface area contributed by atoms with E-state index >= 15 is 0 Å².